The number of hydrogen-bond acceptors (Lipinski definition) is 6. The Bertz CT molecular complexity index is 1450. The van der Waals surface area contributed by atoms with Gasteiger partial charge in [-0.2, -0.15) is 4.31 Å². The fraction of sp³-hybridized carbons (Fsp3) is 0.379. The number of hydrogen-bond donors (Lipinski definition) is 0. The number of carbonyl (C=O) groups is 1. The first-order valence-electron chi connectivity index (χ1n) is 13.2. The summed E-state index contributed by atoms with van der Waals surface area (Å²) in [5, 5.41) is 3.92. The third kappa shape index (κ3) is 5.77. The van der Waals surface area contributed by atoms with Crippen molar-refractivity contribution in [1.29, 1.82) is 0 Å². The van der Waals surface area contributed by atoms with Gasteiger partial charge in [0.1, 0.15) is 11.5 Å². The van der Waals surface area contributed by atoms with Gasteiger partial charge in [0.05, 0.1) is 5.69 Å². The minimum Gasteiger partial charge on any atom is -0.366 e. The van der Waals surface area contributed by atoms with Crippen LogP contribution in [-0.4, -0.2) is 68.0 Å². The molecule has 2 aliphatic rings. The normalized spacial score (nSPS) is 17.7. The molecule has 2 aromatic carbocycles. The number of aromatic nitrogens is 1. The predicted molar refractivity (Wildman–Crippen MR) is 148 cm³/mol. The fourth-order valence-corrected chi connectivity index (χ4v) is 6.97. The molecule has 2 saturated heterocycles. The Kier molecular flexibility index (Phi) is 7.86. The number of anilines is 1. The van der Waals surface area contributed by atoms with Gasteiger partial charge in [-0.3, -0.25) is 4.79 Å². The van der Waals surface area contributed by atoms with Crippen LogP contribution in [0.3, 0.4) is 0 Å². The van der Waals surface area contributed by atoms with Crippen LogP contribution in [0.25, 0.3) is 12.2 Å². The summed E-state index contributed by atoms with van der Waals surface area (Å²) in [6, 6.07) is 14.5. The van der Waals surface area contributed by atoms with Crippen LogP contribution in [0.1, 0.15) is 35.4 Å². The van der Waals surface area contributed by atoms with Crippen molar-refractivity contribution >= 4 is 33.8 Å². The second-order valence-electron chi connectivity index (χ2n) is 10.1. The summed E-state index contributed by atoms with van der Waals surface area (Å²) in [6.07, 6.45) is 4.33. The number of amides is 1. The number of halogens is 1. The van der Waals surface area contributed by atoms with E-state index in [9.17, 15) is 17.6 Å². The number of piperidine rings is 1. The highest BCUT2D eigenvalue weighted by atomic mass is 32.2. The van der Waals surface area contributed by atoms with Crippen molar-refractivity contribution in [2.45, 2.75) is 31.6 Å². The van der Waals surface area contributed by atoms with Crippen LogP contribution >= 0.6 is 0 Å². The zero-order chi connectivity index (χ0) is 27.6. The van der Waals surface area contributed by atoms with Crippen molar-refractivity contribution in [2.75, 3.05) is 44.2 Å². The molecule has 206 valence electrons. The van der Waals surface area contributed by atoms with E-state index in [-0.39, 0.29) is 41.4 Å². The summed E-state index contributed by atoms with van der Waals surface area (Å²) in [4.78, 5) is 17.1. The molecule has 2 fully saturated rings. The molecule has 1 aromatic heterocycles. The first kappa shape index (κ1) is 27.1. The van der Waals surface area contributed by atoms with Gasteiger partial charge in [-0.1, -0.05) is 53.2 Å². The average molecular weight is 553 g/mol. The van der Waals surface area contributed by atoms with Gasteiger partial charge < -0.3 is 14.3 Å². The lowest BCUT2D eigenvalue weighted by Gasteiger charge is -2.39. The lowest BCUT2D eigenvalue weighted by atomic mass is 9.96. The SMILES string of the molecule is Cc1ccc(C=Cc2onc(C)c2S(=O)(=O)N2CCC(C(=O)N3CCN(c4ccccc4F)CC3)CC2)cc1. The highest BCUT2D eigenvalue weighted by Crippen LogP contribution is 2.30. The zero-order valence-corrected chi connectivity index (χ0v) is 23.0. The molecule has 5 rings (SSSR count). The Morgan fingerprint density at radius 3 is 2.28 bits per heavy atom. The summed E-state index contributed by atoms with van der Waals surface area (Å²) < 4.78 is 48.1. The summed E-state index contributed by atoms with van der Waals surface area (Å²) >= 11 is 0. The molecular formula is C29H33FN4O4S. The smallest absolute Gasteiger partial charge is 0.248 e. The highest BCUT2D eigenvalue weighted by molar-refractivity contribution is 7.89. The van der Waals surface area contributed by atoms with E-state index >= 15 is 0 Å². The number of para-hydroxylation sites is 1. The maximum absolute atomic E-state index is 14.1. The number of rotatable bonds is 6. The van der Waals surface area contributed by atoms with Crippen LogP contribution in [0.5, 0.6) is 0 Å². The molecule has 3 heterocycles. The number of piperazine rings is 1. The molecule has 0 atom stereocenters. The molecule has 10 heteroatoms. The van der Waals surface area contributed by atoms with E-state index < -0.39 is 10.0 Å². The molecule has 39 heavy (non-hydrogen) atoms. The van der Waals surface area contributed by atoms with E-state index in [1.165, 1.54) is 10.4 Å². The predicted octanol–water partition coefficient (Wildman–Crippen LogP) is 4.35. The maximum atomic E-state index is 14.1. The van der Waals surface area contributed by atoms with Gasteiger partial charge in [-0.25, -0.2) is 12.8 Å². The molecule has 0 radical (unpaired) electrons. The lowest BCUT2D eigenvalue weighted by molar-refractivity contribution is -0.137. The molecule has 0 aliphatic carbocycles. The largest absolute Gasteiger partial charge is 0.366 e. The van der Waals surface area contributed by atoms with Crippen molar-refractivity contribution in [1.82, 2.24) is 14.4 Å². The third-order valence-corrected chi connectivity index (χ3v) is 9.58. The average Bonchev–Trinajstić information content (AvgIpc) is 3.34. The van der Waals surface area contributed by atoms with Crippen LogP contribution in [0, 0.1) is 25.6 Å². The standard InChI is InChI=1S/C29H33FN4O4S/c1-21-7-9-23(10-8-21)11-12-27-28(22(2)31-38-27)39(36,37)34-15-13-24(14-16-34)29(35)33-19-17-32(18-20-33)26-6-4-3-5-25(26)30/h3-12,24H,13-20H2,1-2H3. The summed E-state index contributed by atoms with van der Waals surface area (Å²) in [5.41, 5.74) is 2.93. The molecule has 2 aliphatic heterocycles. The molecule has 0 saturated carbocycles. The van der Waals surface area contributed by atoms with E-state index in [0.29, 0.717) is 50.4 Å². The van der Waals surface area contributed by atoms with E-state index in [1.807, 2.05) is 47.1 Å². The Labute approximate surface area is 228 Å². The van der Waals surface area contributed by atoms with Crippen molar-refractivity contribution in [3.8, 4) is 0 Å². The van der Waals surface area contributed by atoms with Crippen LogP contribution < -0.4 is 4.90 Å². The van der Waals surface area contributed by atoms with E-state index in [0.717, 1.165) is 11.1 Å². The van der Waals surface area contributed by atoms with Gasteiger partial charge in [0, 0.05) is 45.2 Å². The lowest BCUT2D eigenvalue weighted by Crippen LogP contribution is -2.52. The molecule has 3 aromatic rings. The van der Waals surface area contributed by atoms with E-state index in [4.69, 9.17) is 4.52 Å². The van der Waals surface area contributed by atoms with Crippen LogP contribution in [0.2, 0.25) is 0 Å². The summed E-state index contributed by atoms with van der Waals surface area (Å²) in [5.74, 6) is -0.259. The number of benzene rings is 2. The zero-order valence-electron chi connectivity index (χ0n) is 22.2. The number of aryl methyl sites for hydroxylation is 2. The summed E-state index contributed by atoms with van der Waals surface area (Å²) in [7, 11) is -3.85. The van der Waals surface area contributed by atoms with Gasteiger partial charge in [-0.05, 0) is 50.5 Å². The molecule has 0 unspecified atom stereocenters. The first-order chi connectivity index (χ1) is 18.7. The maximum Gasteiger partial charge on any atom is 0.248 e. The quantitative estimate of drug-likeness (QED) is 0.452. The van der Waals surface area contributed by atoms with Gasteiger partial charge >= 0.3 is 0 Å². The first-order valence-corrected chi connectivity index (χ1v) is 14.7. The minimum atomic E-state index is -3.85. The number of sulfonamides is 1. The van der Waals surface area contributed by atoms with Crippen LogP contribution in [0.4, 0.5) is 10.1 Å². The molecule has 0 N–H and O–H groups in total. The van der Waals surface area contributed by atoms with Gasteiger partial charge in [0.2, 0.25) is 15.9 Å². The molecule has 0 spiro atoms. The Hall–Kier alpha value is -3.50. The summed E-state index contributed by atoms with van der Waals surface area (Å²) in [6.45, 7) is 6.28. The second kappa shape index (κ2) is 11.3. The highest BCUT2D eigenvalue weighted by Gasteiger charge is 2.37. The number of nitrogens with zero attached hydrogens (tertiary/aromatic N) is 4. The van der Waals surface area contributed by atoms with E-state index in [1.54, 1.807) is 31.2 Å². The van der Waals surface area contributed by atoms with Gasteiger partial charge in [-0.15, -0.1) is 0 Å². The van der Waals surface area contributed by atoms with Crippen molar-refractivity contribution in [3.05, 3.63) is 76.9 Å². The van der Waals surface area contributed by atoms with Crippen molar-refractivity contribution in [3.63, 3.8) is 0 Å². The minimum absolute atomic E-state index is 0.0445. The third-order valence-electron chi connectivity index (χ3n) is 7.52. The Morgan fingerprint density at radius 2 is 1.62 bits per heavy atom. The molecule has 1 amide bonds. The topological polar surface area (TPSA) is 87.0 Å². The second-order valence-corrected chi connectivity index (χ2v) is 12.0. The number of carbonyl (C=O) groups excluding carboxylic acids is 1. The van der Waals surface area contributed by atoms with Crippen LogP contribution in [-0.2, 0) is 14.8 Å². The van der Waals surface area contributed by atoms with Crippen LogP contribution in [0.15, 0.2) is 57.9 Å². The molecule has 8 nitrogen and oxygen atoms in total. The van der Waals surface area contributed by atoms with Gasteiger partial charge in [0.15, 0.2) is 10.7 Å². The van der Waals surface area contributed by atoms with Crippen molar-refractivity contribution in [2.24, 2.45) is 5.92 Å². The Balaban J connectivity index is 1.20. The van der Waals surface area contributed by atoms with Gasteiger partial charge in [0.25, 0.3) is 0 Å². The fourth-order valence-electron chi connectivity index (χ4n) is 5.25. The van der Waals surface area contributed by atoms with Crippen molar-refractivity contribution < 1.29 is 22.1 Å². The monoisotopic (exact) mass is 552 g/mol. The Morgan fingerprint density at radius 1 is 0.949 bits per heavy atom. The molecular weight excluding hydrogens is 519 g/mol. The van der Waals surface area contributed by atoms with E-state index in [2.05, 4.69) is 5.16 Å². The molecule has 0 bridgehead atoms.